The fourth-order valence-electron chi connectivity index (χ4n) is 4.69. The molecule has 2 aliphatic carbocycles. The molecule has 2 aromatic rings. The maximum atomic E-state index is 12.8. The summed E-state index contributed by atoms with van der Waals surface area (Å²) in [6, 6.07) is 2.04. The van der Waals surface area contributed by atoms with E-state index in [2.05, 4.69) is 22.4 Å². The van der Waals surface area contributed by atoms with E-state index in [1.165, 1.54) is 25.7 Å². The smallest absolute Gasteiger partial charge is 0.258 e. The van der Waals surface area contributed by atoms with Gasteiger partial charge in [0.1, 0.15) is 0 Å². The van der Waals surface area contributed by atoms with Crippen LogP contribution in [0.1, 0.15) is 54.4 Å². The maximum Gasteiger partial charge on any atom is 0.258 e. The van der Waals surface area contributed by atoms with Crippen LogP contribution < -0.4 is 5.32 Å². The Kier molecular flexibility index (Phi) is 3.39. The summed E-state index contributed by atoms with van der Waals surface area (Å²) >= 11 is 0. The molecular formula is C18H23N3O2. The number of rotatable bonds is 3. The zero-order valence-electron chi connectivity index (χ0n) is 13.9. The average Bonchev–Trinajstić information content (AvgIpc) is 3.22. The SMILES string of the molecule is Cc1cc(C(=O)N[C@H](C)[C@@H]2C[C@H]3CC[C@H]2C3)c2c(C)noc2n1. The van der Waals surface area contributed by atoms with Crippen molar-refractivity contribution in [1.82, 2.24) is 15.5 Å². The van der Waals surface area contributed by atoms with Gasteiger partial charge >= 0.3 is 0 Å². The normalized spacial score (nSPS) is 27.5. The summed E-state index contributed by atoms with van der Waals surface area (Å²) in [6.07, 6.45) is 5.34. The van der Waals surface area contributed by atoms with Crippen LogP contribution in [0.25, 0.3) is 11.1 Å². The second-order valence-electron chi connectivity index (χ2n) is 7.36. The zero-order chi connectivity index (χ0) is 16.1. The Hall–Kier alpha value is -1.91. The van der Waals surface area contributed by atoms with Gasteiger partial charge in [-0.25, -0.2) is 4.98 Å². The summed E-state index contributed by atoms with van der Waals surface area (Å²) in [5.74, 6) is 2.27. The standard InChI is InChI=1S/C18H23N3O2/c1-9-6-15(16-11(3)21-23-18(16)19-9)17(22)20-10(2)14-8-12-4-5-13(14)7-12/h6,10,12-14H,4-5,7-8H2,1-3H3,(H,20,22)/t10-,12+,13+,14+/m1/s1. The number of nitrogens with zero attached hydrogens (tertiary/aromatic N) is 2. The first-order valence-electron chi connectivity index (χ1n) is 8.57. The second kappa shape index (κ2) is 5.32. The molecule has 0 saturated heterocycles. The molecule has 0 aliphatic heterocycles. The van der Waals surface area contributed by atoms with Crippen LogP contribution in [0.5, 0.6) is 0 Å². The van der Waals surface area contributed by atoms with Gasteiger partial charge in [-0.1, -0.05) is 11.6 Å². The molecule has 2 bridgehead atoms. The van der Waals surface area contributed by atoms with Crippen molar-refractivity contribution < 1.29 is 9.32 Å². The Morgan fingerprint density at radius 3 is 2.87 bits per heavy atom. The highest BCUT2D eigenvalue weighted by atomic mass is 16.5. The van der Waals surface area contributed by atoms with Crippen LogP contribution in [0, 0.1) is 31.6 Å². The number of nitrogens with one attached hydrogen (secondary N) is 1. The maximum absolute atomic E-state index is 12.8. The van der Waals surface area contributed by atoms with Gasteiger partial charge in [-0.2, -0.15) is 0 Å². The fourth-order valence-corrected chi connectivity index (χ4v) is 4.69. The number of hydrogen-bond donors (Lipinski definition) is 1. The van der Waals surface area contributed by atoms with Crippen LogP contribution in [-0.2, 0) is 0 Å². The first-order chi connectivity index (χ1) is 11.0. The lowest BCUT2D eigenvalue weighted by molar-refractivity contribution is 0.0916. The summed E-state index contributed by atoms with van der Waals surface area (Å²) in [6.45, 7) is 5.86. The van der Waals surface area contributed by atoms with E-state index in [1.54, 1.807) is 0 Å². The van der Waals surface area contributed by atoms with Gasteiger partial charge in [0.05, 0.1) is 16.6 Å². The molecule has 0 spiro atoms. The minimum Gasteiger partial charge on any atom is -0.349 e. The Balaban J connectivity index is 1.58. The topological polar surface area (TPSA) is 68.0 Å². The van der Waals surface area contributed by atoms with E-state index in [4.69, 9.17) is 4.52 Å². The Labute approximate surface area is 135 Å². The van der Waals surface area contributed by atoms with Gasteiger partial charge in [0, 0.05) is 11.7 Å². The summed E-state index contributed by atoms with van der Waals surface area (Å²) in [5, 5.41) is 7.90. The van der Waals surface area contributed by atoms with E-state index in [-0.39, 0.29) is 11.9 Å². The lowest BCUT2D eigenvalue weighted by Crippen LogP contribution is -2.40. The highest BCUT2D eigenvalue weighted by molar-refractivity contribution is 6.06. The van der Waals surface area contributed by atoms with E-state index in [1.807, 2.05) is 19.9 Å². The van der Waals surface area contributed by atoms with Crippen molar-refractivity contribution >= 4 is 17.0 Å². The molecule has 0 radical (unpaired) electrons. The van der Waals surface area contributed by atoms with Gasteiger partial charge in [-0.3, -0.25) is 4.79 Å². The minimum atomic E-state index is -0.0397. The molecule has 5 nitrogen and oxygen atoms in total. The number of hydrogen-bond acceptors (Lipinski definition) is 4. The number of aromatic nitrogens is 2. The molecule has 2 aliphatic rings. The average molecular weight is 313 g/mol. The number of aryl methyl sites for hydroxylation is 2. The molecule has 2 heterocycles. The molecule has 5 heteroatoms. The predicted octanol–water partition coefficient (Wildman–Crippen LogP) is 3.39. The first-order valence-corrected chi connectivity index (χ1v) is 8.57. The summed E-state index contributed by atoms with van der Waals surface area (Å²) in [4.78, 5) is 17.1. The quantitative estimate of drug-likeness (QED) is 0.943. The van der Waals surface area contributed by atoms with Crippen LogP contribution in [0.2, 0.25) is 0 Å². The number of amides is 1. The van der Waals surface area contributed by atoms with Crippen molar-refractivity contribution in [1.29, 1.82) is 0 Å². The van der Waals surface area contributed by atoms with Gasteiger partial charge in [0.2, 0.25) is 0 Å². The number of carbonyl (C=O) groups excluding carboxylic acids is 1. The molecule has 2 aromatic heterocycles. The molecule has 4 rings (SSSR count). The second-order valence-corrected chi connectivity index (χ2v) is 7.36. The Bertz CT molecular complexity index is 767. The highest BCUT2D eigenvalue weighted by Crippen LogP contribution is 2.49. The number of carbonyl (C=O) groups is 1. The van der Waals surface area contributed by atoms with Gasteiger partial charge in [0.25, 0.3) is 11.6 Å². The van der Waals surface area contributed by atoms with Gasteiger partial charge < -0.3 is 9.84 Å². The van der Waals surface area contributed by atoms with E-state index in [9.17, 15) is 4.79 Å². The molecular weight excluding hydrogens is 290 g/mol. The predicted molar refractivity (Wildman–Crippen MR) is 87.1 cm³/mol. The molecule has 2 fully saturated rings. The van der Waals surface area contributed by atoms with Crippen LogP contribution in [0.4, 0.5) is 0 Å². The number of fused-ring (bicyclic) bond motifs is 3. The van der Waals surface area contributed by atoms with E-state index < -0.39 is 0 Å². The Morgan fingerprint density at radius 1 is 1.35 bits per heavy atom. The van der Waals surface area contributed by atoms with Crippen molar-refractivity contribution in [3.63, 3.8) is 0 Å². The summed E-state index contributed by atoms with van der Waals surface area (Å²) in [5.41, 5.74) is 2.55. The minimum absolute atomic E-state index is 0.0397. The third-order valence-electron chi connectivity index (χ3n) is 5.78. The lowest BCUT2D eigenvalue weighted by Gasteiger charge is -2.28. The van der Waals surface area contributed by atoms with Crippen molar-refractivity contribution in [2.75, 3.05) is 0 Å². The van der Waals surface area contributed by atoms with Crippen molar-refractivity contribution in [2.24, 2.45) is 17.8 Å². The highest BCUT2D eigenvalue weighted by Gasteiger charge is 2.42. The third-order valence-corrected chi connectivity index (χ3v) is 5.78. The molecule has 2 saturated carbocycles. The van der Waals surface area contributed by atoms with Gasteiger partial charge in [0.15, 0.2) is 0 Å². The van der Waals surface area contributed by atoms with Crippen LogP contribution in [0.15, 0.2) is 10.6 Å². The lowest BCUT2D eigenvalue weighted by atomic mass is 9.84. The molecule has 4 atom stereocenters. The van der Waals surface area contributed by atoms with Crippen molar-refractivity contribution in [3.8, 4) is 0 Å². The van der Waals surface area contributed by atoms with E-state index in [0.717, 1.165) is 22.9 Å². The molecule has 0 aromatic carbocycles. The van der Waals surface area contributed by atoms with E-state index >= 15 is 0 Å². The number of pyridine rings is 1. The monoisotopic (exact) mass is 313 g/mol. The molecule has 23 heavy (non-hydrogen) atoms. The van der Waals surface area contributed by atoms with E-state index in [0.29, 0.717) is 22.9 Å². The zero-order valence-corrected chi connectivity index (χ0v) is 13.9. The van der Waals surface area contributed by atoms with Crippen LogP contribution >= 0.6 is 0 Å². The van der Waals surface area contributed by atoms with Crippen LogP contribution in [-0.4, -0.2) is 22.1 Å². The summed E-state index contributed by atoms with van der Waals surface area (Å²) in [7, 11) is 0. The Morgan fingerprint density at radius 2 is 2.17 bits per heavy atom. The molecule has 1 amide bonds. The van der Waals surface area contributed by atoms with Crippen molar-refractivity contribution in [2.45, 2.75) is 52.5 Å². The van der Waals surface area contributed by atoms with Crippen molar-refractivity contribution in [3.05, 3.63) is 23.0 Å². The summed E-state index contributed by atoms with van der Waals surface area (Å²) < 4.78 is 5.22. The van der Waals surface area contributed by atoms with Crippen LogP contribution in [0.3, 0.4) is 0 Å². The van der Waals surface area contributed by atoms with Gasteiger partial charge in [-0.15, -0.1) is 0 Å². The molecule has 122 valence electrons. The first kappa shape index (κ1) is 14.7. The largest absolute Gasteiger partial charge is 0.349 e. The van der Waals surface area contributed by atoms with Gasteiger partial charge in [-0.05, 0) is 63.9 Å². The molecule has 1 N–H and O–H groups in total. The fraction of sp³-hybridized carbons (Fsp3) is 0.611. The third kappa shape index (κ3) is 2.42. The molecule has 0 unspecified atom stereocenters.